The molecule has 4 N–H and O–H groups in total. The second kappa shape index (κ2) is 11.2. The molecule has 8 nitrogen and oxygen atoms in total. The maximum atomic E-state index is 12.0. The molecule has 0 spiro atoms. The molecule has 1 fully saturated rings. The number of hydrogen-bond acceptors (Lipinski definition) is 5. The number of primary amides is 1. The van der Waals surface area contributed by atoms with Gasteiger partial charge in [-0.15, -0.1) is 0 Å². The normalized spacial score (nSPS) is 13.2. The van der Waals surface area contributed by atoms with Gasteiger partial charge in [0.1, 0.15) is 0 Å². The Morgan fingerprint density at radius 2 is 1.89 bits per heavy atom. The molecule has 0 aliphatic carbocycles. The molecule has 1 saturated heterocycles. The largest absolute Gasteiger partial charge is 0.456 e. The van der Waals surface area contributed by atoms with E-state index in [4.69, 9.17) is 10.5 Å². The van der Waals surface area contributed by atoms with E-state index in [9.17, 15) is 14.4 Å². The van der Waals surface area contributed by atoms with Gasteiger partial charge in [-0.1, -0.05) is 6.42 Å². The standard InChI is InChI=1S/C20H30N4O4/c1-15-13-16(8-9-17(15)24-11-5-6-12-24)23-18(25)14-28-19(26)7-3-2-4-10-22-20(21)27/h8-9,13H,2-7,10-12,14H2,1H3,(H,23,25)(H3,21,22,27). The molecule has 0 bridgehead atoms. The fraction of sp³-hybridized carbons (Fsp3) is 0.550. The summed E-state index contributed by atoms with van der Waals surface area (Å²) in [6.45, 7) is 4.37. The zero-order valence-electron chi connectivity index (χ0n) is 16.5. The number of hydrogen-bond donors (Lipinski definition) is 3. The van der Waals surface area contributed by atoms with E-state index in [2.05, 4.69) is 15.5 Å². The highest BCUT2D eigenvalue weighted by atomic mass is 16.5. The number of urea groups is 1. The van der Waals surface area contributed by atoms with Crippen LogP contribution in [-0.4, -0.2) is 44.1 Å². The molecule has 1 aliphatic rings. The van der Waals surface area contributed by atoms with Gasteiger partial charge in [0.15, 0.2) is 6.61 Å². The summed E-state index contributed by atoms with van der Waals surface area (Å²) in [5.41, 5.74) is 7.97. The predicted molar refractivity (Wildman–Crippen MR) is 108 cm³/mol. The molecule has 1 aromatic rings. The lowest BCUT2D eigenvalue weighted by molar-refractivity contribution is -0.147. The van der Waals surface area contributed by atoms with E-state index in [1.165, 1.54) is 18.5 Å². The van der Waals surface area contributed by atoms with Crippen LogP contribution in [0, 0.1) is 6.92 Å². The van der Waals surface area contributed by atoms with Crippen LogP contribution in [0.4, 0.5) is 16.2 Å². The summed E-state index contributed by atoms with van der Waals surface area (Å²) in [6.07, 6.45) is 4.82. The van der Waals surface area contributed by atoms with E-state index in [1.54, 1.807) is 0 Å². The molecule has 28 heavy (non-hydrogen) atoms. The smallest absolute Gasteiger partial charge is 0.312 e. The number of rotatable bonds is 10. The van der Waals surface area contributed by atoms with E-state index >= 15 is 0 Å². The first-order chi connectivity index (χ1) is 13.5. The Balaban J connectivity index is 1.64. The molecule has 3 amide bonds. The summed E-state index contributed by atoms with van der Waals surface area (Å²) in [5, 5.41) is 5.25. The van der Waals surface area contributed by atoms with Gasteiger partial charge in [-0.05, 0) is 56.4 Å². The zero-order valence-corrected chi connectivity index (χ0v) is 16.5. The van der Waals surface area contributed by atoms with Crippen molar-refractivity contribution in [3.63, 3.8) is 0 Å². The fourth-order valence-electron chi connectivity index (χ4n) is 3.24. The van der Waals surface area contributed by atoms with Gasteiger partial charge in [-0.25, -0.2) is 4.79 Å². The Labute approximate surface area is 165 Å². The third-order valence-corrected chi connectivity index (χ3v) is 4.65. The van der Waals surface area contributed by atoms with Gasteiger partial charge in [-0.3, -0.25) is 9.59 Å². The number of benzene rings is 1. The van der Waals surface area contributed by atoms with Gasteiger partial charge in [0.05, 0.1) is 0 Å². The van der Waals surface area contributed by atoms with Crippen molar-refractivity contribution in [1.29, 1.82) is 0 Å². The van der Waals surface area contributed by atoms with Gasteiger partial charge in [0.2, 0.25) is 0 Å². The van der Waals surface area contributed by atoms with Gasteiger partial charge in [0.25, 0.3) is 5.91 Å². The number of carbonyl (C=O) groups excluding carboxylic acids is 3. The molecular formula is C20H30N4O4. The van der Waals surface area contributed by atoms with E-state index in [1.807, 2.05) is 25.1 Å². The molecule has 8 heteroatoms. The second-order valence-electron chi connectivity index (χ2n) is 7.01. The zero-order chi connectivity index (χ0) is 20.4. The third kappa shape index (κ3) is 7.46. The molecule has 2 rings (SSSR count). The second-order valence-corrected chi connectivity index (χ2v) is 7.01. The molecule has 0 saturated carbocycles. The van der Waals surface area contributed by atoms with Crippen LogP contribution >= 0.6 is 0 Å². The van der Waals surface area contributed by atoms with Crippen molar-refractivity contribution in [1.82, 2.24) is 5.32 Å². The van der Waals surface area contributed by atoms with E-state index < -0.39 is 12.0 Å². The molecule has 1 heterocycles. The summed E-state index contributed by atoms with van der Waals surface area (Å²) in [4.78, 5) is 36.6. The molecule has 0 aromatic heterocycles. The number of nitrogens with two attached hydrogens (primary N) is 1. The van der Waals surface area contributed by atoms with E-state index in [0.29, 0.717) is 18.7 Å². The van der Waals surface area contributed by atoms with E-state index in [-0.39, 0.29) is 18.9 Å². The number of amides is 3. The summed E-state index contributed by atoms with van der Waals surface area (Å²) >= 11 is 0. The average Bonchev–Trinajstić information content (AvgIpc) is 3.17. The van der Waals surface area contributed by atoms with Crippen molar-refractivity contribution in [2.45, 2.75) is 45.4 Å². The van der Waals surface area contributed by atoms with Crippen molar-refractivity contribution >= 4 is 29.3 Å². The van der Waals surface area contributed by atoms with Crippen molar-refractivity contribution < 1.29 is 19.1 Å². The summed E-state index contributed by atoms with van der Waals surface area (Å²) < 4.78 is 5.01. The Bertz CT molecular complexity index is 687. The van der Waals surface area contributed by atoms with Crippen molar-refractivity contribution in [3.05, 3.63) is 23.8 Å². The maximum absolute atomic E-state index is 12.0. The average molecular weight is 390 g/mol. The molecule has 1 aromatic carbocycles. The molecular weight excluding hydrogens is 360 g/mol. The Hall–Kier alpha value is -2.77. The number of nitrogens with zero attached hydrogens (tertiary/aromatic N) is 1. The molecule has 0 radical (unpaired) electrons. The monoisotopic (exact) mass is 390 g/mol. The van der Waals surface area contributed by atoms with Crippen LogP contribution in [-0.2, 0) is 14.3 Å². The minimum Gasteiger partial charge on any atom is -0.456 e. The third-order valence-electron chi connectivity index (χ3n) is 4.65. The topological polar surface area (TPSA) is 114 Å². The molecule has 0 unspecified atom stereocenters. The lowest BCUT2D eigenvalue weighted by Crippen LogP contribution is -2.29. The van der Waals surface area contributed by atoms with Crippen molar-refractivity contribution in [2.75, 3.05) is 36.5 Å². The number of ether oxygens (including phenoxy) is 1. The fourth-order valence-corrected chi connectivity index (χ4v) is 3.24. The van der Waals surface area contributed by atoms with Crippen LogP contribution in [0.5, 0.6) is 0 Å². The lowest BCUT2D eigenvalue weighted by Gasteiger charge is -2.20. The first kappa shape index (κ1) is 21.5. The van der Waals surface area contributed by atoms with Crippen LogP contribution in [0.25, 0.3) is 0 Å². The lowest BCUT2D eigenvalue weighted by atomic mass is 10.1. The highest BCUT2D eigenvalue weighted by Crippen LogP contribution is 2.26. The van der Waals surface area contributed by atoms with Gasteiger partial charge < -0.3 is 26.0 Å². The van der Waals surface area contributed by atoms with Crippen molar-refractivity contribution in [3.8, 4) is 0 Å². The van der Waals surface area contributed by atoms with Crippen LogP contribution in [0.2, 0.25) is 0 Å². The Morgan fingerprint density at radius 3 is 2.57 bits per heavy atom. The van der Waals surface area contributed by atoms with Gasteiger partial charge >= 0.3 is 12.0 Å². The van der Waals surface area contributed by atoms with Crippen LogP contribution in [0.15, 0.2) is 18.2 Å². The number of carbonyl (C=O) groups is 3. The first-order valence-electron chi connectivity index (χ1n) is 9.80. The first-order valence-corrected chi connectivity index (χ1v) is 9.80. The predicted octanol–water partition coefficient (Wildman–Crippen LogP) is 2.31. The van der Waals surface area contributed by atoms with Crippen molar-refractivity contribution in [2.24, 2.45) is 5.73 Å². The number of aryl methyl sites for hydroxylation is 1. The number of nitrogens with one attached hydrogen (secondary N) is 2. The quantitative estimate of drug-likeness (QED) is 0.419. The summed E-state index contributed by atoms with van der Waals surface area (Å²) in [7, 11) is 0. The maximum Gasteiger partial charge on any atom is 0.312 e. The van der Waals surface area contributed by atoms with Crippen LogP contribution in [0.1, 0.15) is 44.1 Å². The Kier molecular flexibility index (Phi) is 8.58. The minimum atomic E-state index is -0.550. The molecule has 154 valence electrons. The summed E-state index contributed by atoms with van der Waals surface area (Å²) in [5.74, 6) is -0.758. The van der Waals surface area contributed by atoms with E-state index in [0.717, 1.165) is 31.5 Å². The SMILES string of the molecule is Cc1cc(NC(=O)COC(=O)CCCCCNC(N)=O)ccc1N1CCCC1. The summed E-state index contributed by atoms with van der Waals surface area (Å²) in [6, 6.07) is 5.29. The number of esters is 1. The highest BCUT2D eigenvalue weighted by molar-refractivity contribution is 5.93. The van der Waals surface area contributed by atoms with Crippen LogP contribution < -0.4 is 21.3 Å². The van der Waals surface area contributed by atoms with Gasteiger partial charge in [0, 0.05) is 37.4 Å². The molecule has 0 atom stereocenters. The highest BCUT2D eigenvalue weighted by Gasteiger charge is 2.15. The number of unbranched alkanes of at least 4 members (excludes halogenated alkanes) is 2. The Morgan fingerprint density at radius 1 is 1.14 bits per heavy atom. The number of anilines is 2. The van der Waals surface area contributed by atoms with Gasteiger partial charge in [-0.2, -0.15) is 0 Å². The van der Waals surface area contributed by atoms with Crippen LogP contribution in [0.3, 0.4) is 0 Å². The minimum absolute atomic E-state index is 0.244. The molecule has 1 aliphatic heterocycles.